The Balaban J connectivity index is 2.64. The highest BCUT2D eigenvalue weighted by atomic mass is 79.9. The van der Waals surface area contributed by atoms with Crippen LogP contribution in [0.25, 0.3) is 0 Å². The van der Waals surface area contributed by atoms with E-state index in [1.807, 2.05) is 6.26 Å². The third-order valence-corrected chi connectivity index (χ3v) is 3.35. The van der Waals surface area contributed by atoms with E-state index in [-0.39, 0.29) is 11.9 Å². The fraction of sp³-hybridized carbons (Fsp3) is 0.455. The van der Waals surface area contributed by atoms with Crippen molar-refractivity contribution in [3.05, 3.63) is 28.5 Å². The van der Waals surface area contributed by atoms with Gasteiger partial charge in [0.05, 0.1) is 0 Å². The maximum absolute atomic E-state index is 11.9. The molecule has 0 fully saturated rings. The predicted molar refractivity (Wildman–Crippen MR) is 71.9 cm³/mol. The Bertz CT molecular complexity index is 360. The molecule has 1 heterocycles. The molecule has 1 atom stereocenters. The normalized spacial score (nSPS) is 12.2. The van der Waals surface area contributed by atoms with Crippen molar-refractivity contribution >= 4 is 33.6 Å². The molecule has 3 nitrogen and oxygen atoms in total. The number of pyridine rings is 1. The molecule has 16 heavy (non-hydrogen) atoms. The van der Waals surface area contributed by atoms with Gasteiger partial charge in [0.2, 0.25) is 0 Å². The SMILES string of the molecule is CCC(CSC)NC(=O)c1ccnc(Br)c1. The first-order valence-corrected chi connectivity index (χ1v) is 7.27. The van der Waals surface area contributed by atoms with Crippen molar-refractivity contribution in [1.82, 2.24) is 10.3 Å². The standard InChI is InChI=1S/C11H15BrN2OS/c1-3-9(7-16-2)14-11(15)8-4-5-13-10(12)6-8/h4-6,9H,3,7H2,1-2H3,(H,14,15). The molecule has 0 radical (unpaired) electrons. The first kappa shape index (κ1) is 13.5. The Kier molecular flexibility index (Phi) is 5.84. The smallest absolute Gasteiger partial charge is 0.251 e. The lowest BCUT2D eigenvalue weighted by Crippen LogP contribution is -2.36. The molecular weight excluding hydrogens is 288 g/mol. The van der Waals surface area contributed by atoms with Gasteiger partial charge in [-0.1, -0.05) is 6.92 Å². The largest absolute Gasteiger partial charge is 0.348 e. The number of thioether (sulfide) groups is 1. The molecule has 1 aromatic heterocycles. The fourth-order valence-electron chi connectivity index (χ4n) is 1.28. The zero-order valence-corrected chi connectivity index (χ0v) is 11.8. The summed E-state index contributed by atoms with van der Waals surface area (Å²) in [6.07, 6.45) is 4.60. The first-order valence-electron chi connectivity index (χ1n) is 5.08. The number of nitrogens with one attached hydrogen (secondary N) is 1. The zero-order chi connectivity index (χ0) is 12.0. The summed E-state index contributed by atoms with van der Waals surface area (Å²) in [5.74, 6) is 0.901. The van der Waals surface area contributed by atoms with Gasteiger partial charge < -0.3 is 5.32 Å². The third-order valence-electron chi connectivity index (χ3n) is 2.18. The molecule has 0 aliphatic rings. The summed E-state index contributed by atoms with van der Waals surface area (Å²) in [5.41, 5.74) is 0.640. The fourth-order valence-corrected chi connectivity index (χ4v) is 2.36. The number of rotatable bonds is 5. The number of hydrogen-bond donors (Lipinski definition) is 1. The van der Waals surface area contributed by atoms with Crippen LogP contribution in [0.4, 0.5) is 0 Å². The highest BCUT2D eigenvalue weighted by Crippen LogP contribution is 2.09. The number of nitrogens with zero attached hydrogens (tertiary/aromatic N) is 1. The van der Waals surface area contributed by atoms with Gasteiger partial charge in [-0.15, -0.1) is 0 Å². The van der Waals surface area contributed by atoms with Crippen LogP contribution in [0.1, 0.15) is 23.7 Å². The van der Waals surface area contributed by atoms with Crippen LogP contribution in [-0.2, 0) is 0 Å². The number of carbonyl (C=O) groups excluding carboxylic acids is 1. The molecule has 1 N–H and O–H groups in total. The Labute approximate surface area is 109 Å². The molecule has 0 aromatic carbocycles. The van der Waals surface area contributed by atoms with Crippen LogP contribution in [-0.4, -0.2) is 28.9 Å². The van der Waals surface area contributed by atoms with Gasteiger partial charge in [-0.3, -0.25) is 4.79 Å². The van der Waals surface area contributed by atoms with E-state index in [9.17, 15) is 4.79 Å². The van der Waals surface area contributed by atoms with Gasteiger partial charge in [-0.05, 0) is 40.7 Å². The van der Waals surface area contributed by atoms with Gasteiger partial charge in [0.15, 0.2) is 0 Å². The van der Waals surface area contributed by atoms with Crippen LogP contribution in [0.15, 0.2) is 22.9 Å². The minimum Gasteiger partial charge on any atom is -0.348 e. The molecule has 0 saturated carbocycles. The monoisotopic (exact) mass is 302 g/mol. The Morgan fingerprint density at radius 2 is 2.44 bits per heavy atom. The van der Waals surface area contributed by atoms with Crippen molar-refractivity contribution in [2.24, 2.45) is 0 Å². The summed E-state index contributed by atoms with van der Waals surface area (Å²) in [6.45, 7) is 2.07. The summed E-state index contributed by atoms with van der Waals surface area (Å²) < 4.78 is 0.679. The second kappa shape index (κ2) is 6.91. The quantitative estimate of drug-likeness (QED) is 0.851. The lowest BCUT2D eigenvalue weighted by molar-refractivity contribution is 0.0940. The minimum atomic E-state index is -0.0380. The first-order chi connectivity index (χ1) is 7.67. The lowest BCUT2D eigenvalue weighted by atomic mass is 10.2. The topological polar surface area (TPSA) is 42.0 Å². The van der Waals surface area contributed by atoms with Crippen LogP contribution in [0.5, 0.6) is 0 Å². The molecular formula is C11H15BrN2OS. The number of amides is 1. The molecule has 0 bridgehead atoms. The number of carbonyl (C=O) groups is 1. The lowest BCUT2D eigenvalue weighted by Gasteiger charge is -2.15. The number of hydrogen-bond acceptors (Lipinski definition) is 3. The Morgan fingerprint density at radius 1 is 1.69 bits per heavy atom. The molecule has 0 aliphatic carbocycles. The summed E-state index contributed by atoms with van der Waals surface area (Å²) in [5, 5.41) is 3.00. The van der Waals surface area contributed by atoms with Crippen molar-refractivity contribution in [1.29, 1.82) is 0 Å². The van der Waals surface area contributed by atoms with E-state index in [1.54, 1.807) is 30.1 Å². The van der Waals surface area contributed by atoms with Crippen LogP contribution in [0, 0.1) is 0 Å². The van der Waals surface area contributed by atoms with Crippen molar-refractivity contribution in [3.63, 3.8) is 0 Å². The highest BCUT2D eigenvalue weighted by Gasteiger charge is 2.11. The van der Waals surface area contributed by atoms with Gasteiger partial charge in [0.1, 0.15) is 4.60 Å². The van der Waals surface area contributed by atoms with Gasteiger partial charge in [-0.25, -0.2) is 4.98 Å². The van der Waals surface area contributed by atoms with E-state index in [1.165, 1.54) is 0 Å². The van der Waals surface area contributed by atoms with Crippen molar-refractivity contribution in [2.75, 3.05) is 12.0 Å². The maximum Gasteiger partial charge on any atom is 0.251 e. The van der Waals surface area contributed by atoms with E-state index in [2.05, 4.69) is 33.2 Å². The van der Waals surface area contributed by atoms with Crippen LogP contribution < -0.4 is 5.32 Å². The maximum atomic E-state index is 11.9. The van der Waals surface area contributed by atoms with E-state index >= 15 is 0 Å². The molecule has 1 aromatic rings. The van der Waals surface area contributed by atoms with Gasteiger partial charge in [0, 0.05) is 23.6 Å². The van der Waals surface area contributed by atoms with E-state index < -0.39 is 0 Å². The average molecular weight is 303 g/mol. The second-order valence-electron chi connectivity index (χ2n) is 3.40. The zero-order valence-electron chi connectivity index (χ0n) is 9.37. The van der Waals surface area contributed by atoms with E-state index in [0.29, 0.717) is 10.2 Å². The van der Waals surface area contributed by atoms with E-state index in [0.717, 1.165) is 12.2 Å². The van der Waals surface area contributed by atoms with Gasteiger partial charge in [-0.2, -0.15) is 11.8 Å². The molecule has 0 aliphatic heterocycles. The van der Waals surface area contributed by atoms with Crippen LogP contribution in [0.2, 0.25) is 0 Å². The molecule has 1 amide bonds. The third kappa shape index (κ3) is 4.14. The summed E-state index contributed by atoms with van der Waals surface area (Å²) in [4.78, 5) is 15.9. The summed E-state index contributed by atoms with van der Waals surface area (Å²) in [7, 11) is 0. The van der Waals surface area contributed by atoms with Crippen LogP contribution >= 0.6 is 27.7 Å². The van der Waals surface area contributed by atoms with Crippen LogP contribution in [0.3, 0.4) is 0 Å². The molecule has 0 spiro atoms. The van der Waals surface area contributed by atoms with Crippen molar-refractivity contribution in [2.45, 2.75) is 19.4 Å². The molecule has 5 heteroatoms. The predicted octanol–water partition coefficient (Wildman–Crippen LogP) is 2.72. The second-order valence-corrected chi connectivity index (χ2v) is 5.12. The molecule has 1 unspecified atom stereocenters. The minimum absolute atomic E-state index is 0.0380. The van der Waals surface area contributed by atoms with E-state index in [4.69, 9.17) is 0 Å². The summed E-state index contributed by atoms with van der Waals surface area (Å²) in [6, 6.07) is 3.67. The van der Waals surface area contributed by atoms with Crippen molar-refractivity contribution in [3.8, 4) is 0 Å². The number of halogens is 1. The number of aromatic nitrogens is 1. The van der Waals surface area contributed by atoms with Gasteiger partial charge >= 0.3 is 0 Å². The van der Waals surface area contributed by atoms with Gasteiger partial charge in [0.25, 0.3) is 5.91 Å². The molecule has 0 saturated heterocycles. The summed E-state index contributed by atoms with van der Waals surface area (Å²) >= 11 is 4.99. The average Bonchev–Trinajstić information content (AvgIpc) is 2.28. The highest BCUT2D eigenvalue weighted by molar-refractivity contribution is 9.10. The molecule has 1 rings (SSSR count). The Morgan fingerprint density at radius 3 is 3.00 bits per heavy atom. The molecule has 88 valence electrons. The Hall–Kier alpha value is -0.550. The van der Waals surface area contributed by atoms with Crippen molar-refractivity contribution < 1.29 is 4.79 Å².